The summed E-state index contributed by atoms with van der Waals surface area (Å²) in [5.74, 6) is 0.938. The number of carbonyl (C=O) groups is 1. The average molecular weight is 344 g/mol. The van der Waals surface area contributed by atoms with E-state index >= 15 is 0 Å². The molecule has 2 rings (SSSR count). The molecule has 0 aliphatic heterocycles. The van der Waals surface area contributed by atoms with Crippen LogP contribution in [0, 0.1) is 17.2 Å². The van der Waals surface area contributed by atoms with Gasteiger partial charge in [-0.25, -0.2) is 0 Å². The molecule has 25 heavy (non-hydrogen) atoms. The fourth-order valence-electron chi connectivity index (χ4n) is 3.45. The van der Waals surface area contributed by atoms with Crippen LogP contribution in [0.5, 0.6) is 5.75 Å². The number of benzene rings is 1. The van der Waals surface area contributed by atoms with E-state index in [9.17, 15) is 10.1 Å². The van der Waals surface area contributed by atoms with E-state index in [4.69, 9.17) is 9.47 Å². The Labute approximate surface area is 150 Å². The van der Waals surface area contributed by atoms with Gasteiger partial charge in [0, 0.05) is 6.61 Å². The Bertz CT molecular complexity index is 634. The highest BCUT2D eigenvalue weighted by Crippen LogP contribution is 2.36. The van der Waals surface area contributed by atoms with Gasteiger partial charge in [-0.15, -0.1) is 0 Å². The van der Waals surface area contributed by atoms with Gasteiger partial charge >= 0.3 is 0 Å². The number of hydrogen-bond donors (Lipinski definition) is 1. The van der Waals surface area contributed by atoms with Crippen LogP contribution in [0.3, 0.4) is 0 Å². The molecule has 1 aliphatic carbocycles. The molecule has 0 heterocycles. The normalized spacial score (nSPS) is 22.9. The molecule has 0 bridgehead atoms. The van der Waals surface area contributed by atoms with Crippen LogP contribution in [0.15, 0.2) is 18.2 Å². The maximum absolute atomic E-state index is 13.0. The van der Waals surface area contributed by atoms with Gasteiger partial charge in [0.2, 0.25) is 0 Å². The number of nitriles is 1. The number of ether oxygens (including phenoxy) is 2. The lowest BCUT2D eigenvalue weighted by Gasteiger charge is -2.38. The zero-order valence-corrected chi connectivity index (χ0v) is 15.4. The van der Waals surface area contributed by atoms with Crippen LogP contribution in [-0.2, 0) is 9.53 Å². The largest absolute Gasteiger partial charge is 0.494 e. The smallest absolute Gasteiger partial charge is 0.256 e. The molecule has 5 nitrogen and oxygen atoms in total. The van der Waals surface area contributed by atoms with Crippen LogP contribution in [0.4, 0.5) is 5.69 Å². The molecule has 2 unspecified atom stereocenters. The van der Waals surface area contributed by atoms with Crippen molar-refractivity contribution in [2.24, 2.45) is 5.92 Å². The van der Waals surface area contributed by atoms with Gasteiger partial charge in [-0.05, 0) is 56.7 Å². The molecule has 1 N–H and O–H groups in total. The van der Waals surface area contributed by atoms with E-state index in [1.165, 1.54) is 0 Å². The number of rotatable bonds is 7. The topological polar surface area (TPSA) is 71.3 Å². The Morgan fingerprint density at radius 3 is 2.88 bits per heavy atom. The van der Waals surface area contributed by atoms with Crippen molar-refractivity contribution in [1.29, 1.82) is 5.26 Å². The first kappa shape index (κ1) is 19.3. The monoisotopic (exact) mass is 344 g/mol. The van der Waals surface area contributed by atoms with Crippen LogP contribution in [-0.4, -0.2) is 24.7 Å². The molecule has 1 fully saturated rings. The number of hydrogen-bond acceptors (Lipinski definition) is 4. The van der Waals surface area contributed by atoms with Crippen LogP contribution in [0.1, 0.15) is 58.4 Å². The fourth-order valence-corrected chi connectivity index (χ4v) is 3.45. The zero-order valence-electron chi connectivity index (χ0n) is 15.4. The zero-order chi connectivity index (χ0) is 18.3. The molecule has 0 aromatic heterocycles. The Hall–Kier alpha value is -2.06. The van der Waals surface area contributed by atoms with E-state index in [1.54, 1.807) is 18.2 Å². The summed E-state index contributed by atoms with van der Waals surface area (Å²) in [6.45, 7) is 7.19. The average Bonchev–Trinajstić information content (AvgIpc) is 2.61. The first-order chi connectivity index (χ1) is 12.0. The molecule has 1 saturated carbocycles. The van der Waals surface area contributed by atoms with E-state index in [0.29, 0.717) is 42.6 Å². The van der Waals surface area contributed by atoms with Crippen molar-refractivity contribution in [3.05, 3.63) is 23.8 Å². The third kappa shape index (κ3) is 4.73. The summed E-state index contributed by atoms with van der Waals surface area (Å²) in [5.41, 5.74) is 0.113. The van der Waals surface area contributed by atoms with Gasteiger partial charge < -0.3 is 14.8 Å². The minimum absolute atomic E-state index is 0.153. The van der Waals surface area contributed by atoms with Crippen molar-refractivity contribution in [2.45, 2.75) is 58.5 Å². The van der Waals surface area contributed by atoms with Crippen molar-refractivity contribution in [1.82, 2.24) is 0 Å². The molecule has 1 aromatic rings. The second kappa shape index (κ2) is 8.87. The number of amides is 1. The van der Waals surface area contributed by atoms with Crippen LogP contribution >= 0.6 is 0 Å². The Balaban J connectivity index is 2.19. The summed E-state index contributed by atoms with van der Waals surface area (Å²) < 4.78 is 11.5. The molecule has 1 aliphatic rings. The Morgan fingerprint density at radius 1 is 1.44 bits per heavy atom. The van der Waals surface area contributed by atoms with E-state index in [0.717, 1.165) is 25.7 Å². The summed E-state index contributed by atoms with van der Waals surface area (Å²) in [5, 5.41) is 12.3. The molecule has 0 saturated heterocycles. The summed E-state index contributed by atoms with van der Waals surface area (Å²) in [4.78, 5) is 13.0. The van der Waals surface area contributed by atoms with Crippen LogP contribution in [0.25, 0.3) is 0 Å². The van der Waals surface area contributed by atoms with Gasteiger partial charge in [0.15, 0.2) is 0 Å². The fraction of sp³-hybridized carbons (Fsp3) is 0.600. The van der Waals surface area contributed by atoms with Crippen LogP contribution < -0.4 is 10.1 Å². The standard InChI is InChI=1S/C20H28N2O3/c1-4-11-24-17-8-9-18(16(12-17)14-21)22-19(23)20(25-5-2)10-6-7-15(3)13-20/h8-9,12,15H,4-7,10-11,13H2,1-3H3,(H,22,23). The summed E-state index contributed by atoms with van der Waals surface area (Å²) >= 11 is 0. The molecule has 0 radical (unpaired) electrons. The van der Waals surface area contributed by atoms with Crippen molar-refractivity contribution >= 4 is 11.6 Å². The molecule has 1 aromatic carbocycles. The first-order valence-corrected chi connectivity index (χ1v) is 9.17. The highest BCUT2D eigenvalue weighted by Gasteiger charge is 2.42. The Kier molecular flexibility index (Phi) is 6.83. The predicted octanol–water partition coefficient (Wildman–Crippen LogP) is 4.27. The maximum Gasteiger partial charge on any atom is 0.256 e. The molecule has 2 atom stereocenters. The van der Waals surface area contributed by atoms with Crippen molar-refractivity contribution in [3.8, 4) is 11.8 Å². The molecule has 5 heteroatoms. The van der Waals surface area contributed by atoms with Gasteiger partial charge in [-0.1, -0.05) is 20.3 Å². The molecule has 136 valence electrons. The van der Waals surface area contributed by atoms with E-state index in [1.807, 2.05) is 13.8 Å². The highest BCUT2D eigenvalue weighted by molar-refractivity contribution is 5.98. The van der Waals surface area contributed by atoms with Crippen molar-refractivity contribution in [2.75, 3.05) is 18.5 Å². The van der Waals surface area contributed by atoms with Gasteiger partial charge in [-0.2, -0.15) is 5.26 Å². The van der Waals surface area contributed by atoms with E-state index < -0.39 is 5.60 Å². The molecule has 1 amide bonds. The summed E-state index contributed by atoms with van der Waals surface area (Å²) in [7, 11) is 0. The van der Waals surface area contributed by atoms with Gasteiger partial charge in [0.05, 0.1) is 17.9 Å². The summed E-state index contributed by atoms with van der Waals surface area (Å²) in [6, 6.07) is 7.32. The Morgan fingerprint density at radius 2 is 2.24 bits per heavy atom. The first-order valence-electron chi connectivity index (χ1n) is 9.17. The molecule has 0 spiro atoms. The minimum atomic E-state index is -0.795. The second-order valence-electron chi connectivity index (χ2n) is 6.75. The van der Waals surface area contributed by atoms with Crippen LogP contribution in [0.2, 0.25) is 0 Å². The predicted molar refractivity (Wildman–Crippen MR) is 97.6 cm³/mol. The van der Waals surface area contributed by atoms with Gasteiger partial charge in [0.1, 0.15) is 17.4 Å². The van der Waals surface area contributed by atoms with Gasteiger partial charge in [0.25, 0.3) is 5.91 Å². The van der Waals surface area contributed by atoms with E-state index in [2.05, 4.69) is 18.3 Å². The molecular formula is C20H28N2O3. The summed E-state index contributed by atoms with van der Waals surface area (Å²) in [6.07, 6.45) is 4.43. The van der Waals surface area contributed by atoms with Gasteiger partial charge in [-0.3, -0.25) is 4.79 Å². The lowest BCUT2D eigenvalue weighted by molar-refractivity contribution is -0.147. The second-order valence-corrected chi connectivity index (χ2v) is 6.75. The number of carbonyl (C=O) groups excluding carboxylic acids is 1. The van der Waals surface area contributed by atoms with Crippen molar-refractivity contribution in [3.63, 3.8) is 0 Å². The lowest BCUT2D eigenvalue weighted by atomic mass is 9.78. The van der Waals surface area contributed by atoms with Crippen molar-refractivity contribution < 1.29 is 14.3 Å². The highest BCUT2D eigenvalue weighted by atomic mass is 16.5. The number of nitrogens with zero attached hydrogens (tertiary/aromatic N) is 1. The number of nitrogens with one attached hydrogen (secondary N) is 1. The van der Waals surface area contributed by atoms with E-state index in [-0.39, 0.29) is 5.91 Å². The lowest BCUT2D eigenvalue weighted by Crippen LogP contribution is -2.48. The third-order valence-corrected chi connectivity index (χ3v) is 4.62. The quantitative estimate of drug-likeness (QED) is 0.802. The molecular weight excluding hydrogens is 316 g/mol. The third-order valence-electron chi connectivity index (χ3n) is 4.62. The SMILES string of the molecule is CCCOc1ccc(NC(=O)C2(OCC)CCCC(C)C2)c(C#N)c1. The number of anilines is 1. The maximum atomic E-state index is 13.0. The minimum Gasteiger partial charge on any atom is -0.494 e.